The van der Waals surface area contributed by atoms with Crippen molar-refractivity contribution in [3.8, 4) is 0 Å². The van der Waals surface area contributed by atoms with E-state index in [0.717, 1.165) is 12.0 Å². The summed E-state index contributed by atoms with van der Waals surface area (Å²) in [5.41, 5.74) is -2.28. The summed E-state index contributed by atoms with van der Waals surface area (Å²) in [7, 11) is -5.05. The molecule has 3 fully saturated rings. The van der Waals surface area contributed by atoms with Crippen LogP contribution in [0.1, 0.15) is 46.0 Å². The minimum absolute atomic E-state index is 0. The number of aliphatic hydroxyl groups excluding tert-OH is 1. The number of allylic oxidation sites excluding steroid dienone is 4. The van der Waals surface area contributed by atoms with E-state index in [-0.39, 0.29) is 65.9 Å². The van der Waals surface area contributed by atoms with E-state index < -0.39 is 45.3 Å². The number of ketones is 2. The topological polar surface area (TPSA) is 141 Å². The van der Waals surface area contributed by atoms with E-state index in [1.807, 2.05) is 13.0 Å². The molecule has 166 valence electrons. The van der Waals surface area contributed by atoms with Gasteiger partial charge < -0.3 is 14.8 Å². The van der Waals surface area contributed by atoms with Crippen LogP contribution in [0.4, 0.5) is 0 Å². The van der Waals surface area contributed by atoms with Gasteiger partial charge in [-0.2, -0.15) is 0 Å². The third-order valence-electron chi connectivity index (χ3n) is 8.44. The fraction of sp³-hybridized carbons (Fsp3) is 0.714. The second-order valence-corrected chi connectivity index (χ2v) is 10.8. The minimum Gasteiger partial charge on any atom is -0.726 e. The number of fused-ring (bicyclic) bond motifs is 5. The molecule has 4 aliphatic rings. The molecule has 3 saturated carbocycles. The number of carbonyl (C=O) groups excluding carboxylic acids is 2. The molecule has 31 heavy (non-hydrogen) atoms. The first-order valence-electron chi connectivity index (χ1n) is 10.3. The molecule has 0 radical (unpaired) electrons. The number of hydrogen-bond acceptors (Lipinski definition) is 8. The molecular weight excluding hydrogens is 435 g/mol. The van der Waals surface area contributed by atoms with Crippen molar-refractivity contribution in [2.75, 3.05) is 6.61 Å². The molecule has 0 amide bonds. The van der Waals surface area contributed by atoms with Crippen LogP contribution in [0.25, 0.3) is 0 Å². The summed E-state index contributed by atoms with van der Waals surface area (Å²) in [5, 5.41) is 22.6. The average molecular weight is 462 g/mol. The Morgan fingerprint density at radius 3 is 2.65 bits per heavy atom. The maximum Gasteiger partial charge on any atom is 1.00 e. The van der Waals surface area contributed by atoms with Crippen LogP contribution < -0.4 is 29.6 Å². The summed E-state index contributed by atoms with van der Waals surface area (Å²) in [6.45, 7) is 2.79. The Morgan fingerprint density at radius 2 is 2.00 bits per heavy atom. The van der Waals surface area contributed by atoms with Gasteiger partial charge in [-0.15, -0.1) is 0 Å². The second-order valence-electron chi connectivity index (χ2n) is 9.70. The van der Waals surface area contributed by atoms with Crippen molar-refractivity contribution in [1.29, 1.82) is 0 Å². The maximum atomic E-state index is 12.7. The van der Waals surface area contributed by atoms with Crippen LogP contribution in [0.3, 0.4) is 0 Å². The molecule has 0 aliphatic heterocycles. The quantitative estimate of drug-likeness (QED) is 0.279. The van der Waals surface area contributed by atoms with Gasteiger partial charge in [0.2, 0.25) is 10.4 Å². The first-order valence-corrected chi connectivity index (χ1v) is 11.6. The summed E-state index contributed by atoms with van der Waals surface area (Å²) < 4.78 is 36.4. The molecule has 0 aromatic heterocycles. The van der Waals surface area contributed by atoms with E-state index in [0.29, 0.717) is 12.8 Å². The van der Waals surface area contributed by atoms with Crippen LogP contribution >= 0.6 is 0 Å². The fourth-order valence-electron chi connectivity index (χ4n) is 7.03. The monoisotopic (exact) mass is 462 g/mol. The average Bonchev–Trinajstić information content (AvgIpc) is 2.91. The molecule has 0 bridgehead atoms. The van der Waals surface area contributed by atoms with Gasteiger partial charge in [0.15, 0.2) is 11.6 Å². The Morgan fingerprint density at radius 1 is 1.32 bits per heavy atom. The van der Waals surface area contributed by atoms with Gasteiger partial charge in [0.25, 0.3) is 0 Å². The predicted molar refractivity (Wildman–Crippen MR) is 104 cm³/mol. The van der Waals surface area contributed by atoms with Crippen molar-refractivity contribution in [3.05, 3.63) is 23.8 Å². The first-order chi connectivity index (χ1) is 13.8. The van der Waals surface area contributed by atoms with E-state index in [1.54, 1.807) is 19.1 Å². The van der Waals surface area contributed by atoms with Gasteiger partial charge in [-0.05, 0) is 56.1 Å². The molecule has 7 atom stereocenters. The van der Waals surface area contributed by atoms with Crippen LogP contribution in [-0.4, -0.2) is 53.1 Å². The number of aliphatic hydroxyl groups is 2. The van der Waals surface area contributed by atoms with Gasteiger partial charge in [0, 0.05) is 16.7 Å². The number of hydrogen-bond donors (Lipinski definition) is 2. The van der Waals surface area contributed by atoms with Crippen LogP contribution in [0.2, 0.25) is 0 Å². The summed E-state index contributed by atoms with van der Waals surface area (Å²) in [4.78, 5) is 24.6. The second kappa shape index (κ2) is 8.13. The van der Waals surface area contributed by atoms with E-state index >= 15 is 0 Å². The van der Waals surface area contributed by atoms with Gasteiger partial charge in [-0.1, -0.05) is 25.5 Å². The van der Waals surface area contributed by atoms with Crippen molar-refractivity contribution in [1.82, 2.24) is 0 Å². The van der Waals surface area contributed by atoms with Crippen LogP contribution in [0.5, 0.6) is 0 Å². The van der Waals surface area contributed by atoms with Gasteiger partial charge in [-0.25, -0.2) is 8.42 Å². The van der Waals surface area contributed by atoms with Crippen LogP contribution in [0.15, 0.2) is 23.8 Å². The normalized spacial score (nSPS) is 43.9. The Kier molecular flexibility index (Phi) is 6.62. The van der Waals surface area contributed by atoms with Crippen molar-refractivity contribution in [2.24, 2.45) is 28.6 Å². The molecule has 0 saturated heterocycles. The molecule has 8 nitrogen and oxygen atoms in total. The molecule has 4 rings (SSSR count). The smallest absolute Gasteiger partial charge is 0.726 e. The fourth-order valence-corrected chi connectivity index (χ4v) is 7.29. The van der Waals surface area contributed by atoms with Gasteiger partial charge >= 0.3 is 29.6 Å². The first kappa shape index (κ1) is 25.2. The zero-order valence-electron chi connectivity index (χ0n) is 18.0. The SMILES string of the molecule is CC12C=CC(=O)C=C1CCC1C2C(O)CC2(C)C1CCC2(O)C(=O)COS(=O)(=O)[O-].[Na+]. The molecule has 10 heteroatoms. The van der Waals surface area contributed by atoms with E-state index in [9.17, 15) is 32.8 Å². The van der Waals surface area contributed by atoms with E-state index in [1.165, 1.54) is 0 Å². The van der Waals surface area contributed by atoms with E-state index in [4.69, 9.17) is 0 Å². The van der Waals surface area contributed by atoms with Crippen molar-refractivity contribution < 1.29 is 66.5 Å². The standard InChI is InChI=1S/C21H28O8S.Na/c1-19-7-5-13(22)9-12(19)3-4-14-15-6-8-21(25,17(24)11-29-30(26,27)28)20(15,2)10-16(23)18(14)19;/h5,7,9,14-16,18,23,25H,3-4,6,8,10-11H2,1-2H3,(H,26,27,28);/q;+1/p-1. The molecule has 2 N–H and O–H groups in total. The molecule has 0 aromatic rings. The Balaban J connectivity index is 0.00000272. The van der Waals surface area contributed by atoms with Crippen LogP contribution in [0, 0.1) is 28.6 Å². The number of Topliss-reactive ketones (excluding diaryl/α,β-unsaturated/α-hetero) is 1. The Hall–Kier alpha value is -0.390. The molecule has 0 spiro atoms. The van der Waals surface area contributed by atoms with Gasteiger partial charge in [0.1, 0.15) is 12.2 Å². The third-order valence-corrected chi connectivity index (χ3v) is 8.85. The van der Waals surface area contributed by atoms with Crippen molar-refractivity contribution in [3.63, 3.8) is 0 Å². The molecular formula is C21H27NaO8S. The van der Waals surface area contributed by atoms with E-state index in [2.05, 4.69) is 4.18 Å². The summed E-state index contributed by atoms with van der Waals surface area (Å²) in [6, 6.07) is 0. The third kappa shape index (κ3) is 3.85. The Bertz CT molecular complexity index is 958. The summed E-state index contributed by atoms with van der Waals surface area (Å²) in [6.07, 6.45) is 6.55. The molecule has 0 aromatic carbocycles. The predicted octanol–water partition coefficient (Wildman–Crippen LogP) is -1.95. The zero-order valence-corrected chi connectivity index (χ0v) is 20.9. The van der Waals surface area contributed by atoms with Gasteiger partial charge in [0.05, 0.1) is 6.10 Å². The minimum atomic E-state index is -5.05. The summed E-state index contributed by atoms with van der Waals surface area (Å²) >= 11 is 0. The number of rotatable bonds is 4. The zero-order chi connectivity index (χ0) is 22.1. The van der Waals surface area contributed by atoms with Gasteiger partial charge in [-0.3, -0.25) is 13.8 Å². The molecule has 4 aliphatic carbocycles. The van der Waals surface area contributed by atoms with Crippen molar-refractivity contribution in [2.45, 2.75) is 57.7 Å². The Labute approximate surface area is 204 Å². The maximum absolute atomic E-state index is 12.7. The largest absolute Gasteiger partial charge is 1.00 e. The summed E-state index contributed by atoms with van der Waals surface area (Å²) in [5.74, 6) is -1.07. The molecule has 7 unspecified atom stereocenters. The molecule has 0 heterocycles. The van der Waals surface area contributed by atoms with Crippen molar-refractivity contribution >= 4 is 22.0 Å². The number of carbonyl (C=O) groups is 2. The van der Waals surface area contributed by atoms with Crippen LogP contribution in [-0.2, 0) is 24.2 Å².